The molecule has 0 N–H and O–H groups in total. The summed E-state index contributed by atoms with van der Waals surface area (Å²) < 4.78 is 11.9. The zero-order valence-electron chi connectivity index (χ0n) is 16.5. The van der Waals surface area contributed by atoms with Crippen LogP contribution in [0.4, 0.5) is 0 Å². The van der Waals surface area contributed by atoms with Gasteiger partial charge in [-0.05, 0) is 48.7 Å². The minimum Gasteiger partial charge on any atom is -0.497 e. The van der Waals surface area contributed by atoms with E-state index in [1.807, 2.05) is 31.2 Å². The molecule has 0 radical (unpaired) electrons. The van der Waals surface area contributed by atoms with Crippen molar-refractivity contribution < 1.29 is 14.3 Å². The highest BCUT2D eigenvalue weighted by molar-refractivity contribution is 7.98. The number of aromatic nitrogens is 1. The van der Waals surface area contributed by atoms with E-state index >= 15 is 0 Å². The molecule has 0 bridgehead atoms. The normalized spacial score (nSPS) is 10.9. The molecule has 0 aliphatic rings. The number of pyridine rings is 2. The van der Waals surface area contributed by atoms with Gasteiger partial charge in [-0.2, -0.15) is 0 Å². The smallest absolute Gasteiger partial charge is 0.344 e. The second-order valence-electron chi connectivity index (χ2n) is 6.30. The van der Waals surface area contributed by atoms with Gasteiger partial charge in [0.2, 0.25) is 0 Å². The second-order valence-corrected chi connectivity index (χ2v) is 7.72. The first-order chi connectivity index (χ1) is 14.0. The molecule has 0 fully saturated rings. The molecule has 0 spiro atoms. The number of rotatable bonds is 7. The van der Waals surface area contributed by atoms with E-state index in [0.29, 0.717) is 27.6 Å². The van der Waals surface area contributed by atoms with Crippen molar-refractivity contribution in [1.29, 1.82) is 0 Å². The zero-order valence-corrected chi connectivity index (χ0v) is 18.1. The summed E-state index contributed by atoms with van der Waals surface area (Å²) in [5.41, 5.74) is 2.33. The molecule has 152 valence electrons. The third-order valence-electron chi connectivity index (χ3n) is 4.54. The lowest BCUT2D eigenvalue weighted by Crippen LogP contribution is -2.26. The summed E-state index contributed by atoms with van der Waals surface area (Å²) in [7, 11) is 1.62. The van der Waals surface area contributed by atoms with Gasteiger partial charge in [0.1, 0.15) is 11.3 Å². The van der Waals surface area contributed by atoms with Gasteiger partial charge in [-0.25, -0.2) is 4.79 Å². The number of aryl methyl sites for hydroxylation is 1. The molecular weight excluding hydrogens is 410 g/mol. The number of esters is 1. The molecule has 0 atom stereocenters. The molecule has 3 aromatic rings. The van der Waals surface area contributed by atoms with Crippen LogP contribution >= 0.6 is 23.4 Å². The van der Waals surface area contributed by atoms with Crippen LogP contribution in [0.2, 0.25) is 5.02 Å². The SMILES string of the molecule is CCOC(=O)c1c(SCc2ccc(OC)cc2)c(CC)c2cc(Cl)ccn2c1=O. The predicted octanol–water partition coefficient (Wildman–Crippen LogP) is 4.99. The average molecular weight is 432 g/mol. The summed E-state index contributed by atoms with van der Waals surface area (Å²) in [5, 5.41) is 0.536. The van der Waals surface area contributed by atoms with Gasteiger partial charge in [-0.15, -0.1) is 11.8 Å². The van der Waals surface area contributed by atoms with Crippen molar-refractivity contribution >= 4 is 34.8 Å². The molecule has 5 nitrogen and oxygen atoms in total. The number of fused-ring (bicyclic) bond motifs is 1. The van der Waals surface area contributed by atoms with Gasteiger partial charge in [0.05, 0.1) is 19.2 Å². The minimum atomic E-state index is -0.603. The molecule has 29 heavy (non-hydrogen) atoms. The fraction of sp³-hybridized carbons (Fsp3) is 0.273. The van der Waals surface area contributed by atoms with Crippen LogP contribution in [0.25, 0.3) is 5.52 Å². The Balaban J connectivity index is 2.14. The van der Waals surface area contributed by atoms with Crippen molar-refractivity contribution in [1.82, 2.24) is 4.40 Å². The Morgan fingerprint density at radius 2 is 1.90 bits per heavy atom. The van der Waals surface area contributed by atoms with E-state index in [1.165, 1.54) is 16.2 Å². The summed E-state index contributed by atoms with van der Waals surface area (Å²) in [6.45, 7) is 3.92. The first-order valence-corrected chi connectivity index (χ1v) is 10.7. The first-order valence-electron chi connectivity index (χ1n) is 9.29. The molecule has 2 heterocycles. The lowest BCUT2D eigenvalue weighted by Gasteiger charge is -2.16. The van der Waals surface area contributed by atoms with Gasteiger partial charge in [-0.1, -0.05) is 30.7 Å². The maximum absolute atomic E-state index is 13.1. The van der Waals surface area contributed by atoms with E-state index < -0.39 is 11.5 Å². The molecule has 3 rings (SSSR count). The average Bonchev–Trinajstić information content (AvgIpc) is 2.72. The van der Waals surface area contributed by atoms with E-state index in [0.717, 1.165) is 16.9 Å². The van der Waals surface area contributed by atoms with E-state index in [-0.39, 0.29) is 12.2 Å². The number of carbonyl (C=O) groups excluding carboxylic acids is 1. The molecule has 0 aliphatic heterocycles. The van der Waals surface area contributed by atoms with E-state index in [1.54, 1.807) is 32.4 Å². The minimum absolute atomic E-state index is 0.0713. The van der Waals surface area contributed by atoms with Crippen molar-refractivity contribution in [2.24, 2.45) is 0 Å². The number of ether oxygens (including phenoxy) is 2. The Morgan fingerprint density at radius 1 is 1.17 bits per heavy atom. The molecule has 0 aliphatic carbocycles. The highest BCUT2D eigenvalue weighted by atomic mass is 35.5. The number of halogens is 1. The van der Waals surface area contributed by atoms with Crippen LogP contribution < -0.4 is 10.3 Å². The van der Waals surface area contributed by atoms with E-state index in [2.05, 4.69) is 0 Å². The monoisotopic (exact) mass is 431 g/mol. The highest BCUT2D eigenvalue weighted by Gasteiger charge is 2.24. The first kappa shape index (κ1) is 21.3. The van der Waals surface area contributed by atoms with Crippen LogP contribution in [0, 0.1) is 0 Å². The van der Waals surface area contributed by atoms with Gasteiger partial charge in [-0.3, -0.25) is 9.20 Å². The molecule has 0 saturated heterocycles. The zero-order chi connectivity index (χ0) is 21.0. The highest BCUT2D eigenvalue weighted by Crippen LogP contribution is 2.33. The van der Waals surface area contributed by atoms with Crippen LogP contribution in [-0.2, 0) is 16.9 Å². The maximum atomic E-state index is 13.1. The van der Waals surface area contributed by atoms with Gasteiger partial charge < -0.3 is 9.47 Å². The fourth-order valence-electron chi connectivity index (χ4n) is 3.13. The number of methoxy groups -OCH3 is 1. The molecule has 0 amide bonds. The van der Waals surface area contributed by atoms with Gasteiger partial charge >= 0.3 is 5.97 Å². The lowest BCUT2D eigenvalue weighted by atomic mass is 10.1. The Bertz CT molecular complexity index is 1090. The third kappa shape index (κ3) is 4.43. The standard InChI is InChI=1S/C22H22ClNO4S/c1-4-17-18-12-15(23)10-11-24(18)21(25)19(22(26)28-5-2)20(17)29-13-14-6-8-16(27-3)9-7-14/h6-12H,4-5,13H2,1-3H3. The van der Waals surface area contributed by atoms with Gasteiger partial charge in [0, 0.05) is 21.9 Å². The largest absolute Gasteiger partial charge is 0.497 e. The Kier molecular flexibility index (Phi) is 6.87. The van der Waals surface area contributed by atoms with Crippen molar-refractivity contribution in [3.63, 3.8) is 0 Å². The molecular formula is C22H22ClNO4S. The Morgan fingerprint density at radius 3 is 2.52 bits per heavy atom. The molecule has 7 heteroatoms. The van der Waals surface area contributed by atoms with Crippen molar-refractivity contribution in [2.75, 3.05) is 13.7 Å². The number of hydrogen-bond acceptors (Lipinski definition) is 5. The number of carbonyl (C=O) groups is 1. The molecule has 2 aromatic heterocycles. The summed E-state index contributed by atoms with van der Waals surface area (Å²) >= 11 is 7.64. The number of thioether (sulfide) groups is 1. The number of hydrogen-bond donors (Lipinski definition) is 0. The van der Waals surface area contributed by atoms with E-state index in [4.69, 9.17) is 21.1 Å². The van der Waals surface area contributed by atoms with Crippen molar-refractivity contribution in [2.45, 2.75) is 30.9 Å². The van der Waals surface area contributed by atoms with Crippen LogP contribution in [0.15, 0.2) is 52.3 Å². The summed E-state index contributed by atoms with van der Waals surface area (Å²) in [4.78, 5) is 26.4. The topological polar surface area (TPSA) is 57.0 Å². The Hall–Kier alpha value is -2.44. The molecule has 0 saturated carbocycles. The Labute approximate surface area is 178 Å². The van der Waals surface area contributed by atoms with Crippen LogP contribution in [0.5, 0.6) is 5.75 Å². The van der Waals surface area contributed by atoms with Crippen molar-refractivity contribution in [3.05, 3.63) is 74.7 Å². The summed E-state index contributed by atoms with van der Waals surface area (Å²) in [5.74, 6) is 0.770. The lowest BCUT2D eigenvalue weighted by molar-refractivity contribution is 0.0519. The van der Waals surface area contributed by atoms with Crippen LogP contribution in [0.1, 0.15) is 35.3 Å². The third-order valence-corrected chi connectivity index (χ3v) is 5.99. The number of benzene rings is 1. The predicted molar refractivity (Wildman–Crippen MR) is 117 cm³/mol. The molecule has 0 unspecified atom stereocenters. The maximum Gasteiger partial charge on any atom is 0.344 e. The van der Waals surface area contributed by atoms with E-state index in [9.17, 15) is 9.59 Å². The molecule has 1 aromatic carbocycles. The summed E-state index contributed by atoms with van der Waals surface area (Å²) in [6.07, 6.45) is 2.24. The fourth-order valence-corrected chi connectivity index (χ4v) is 4.53. The van der Waals surface area contributed by atoms with Crippen LogP contribution in [0.3, 0.4) is 0 Å². The second kappa shape index (κ2) is 9.37. The van der Waals surface area contributed by atoms with Crippen molar-refractivity contribution in [3.8, 4) is 5.75 Å². The quantitative estimate of drug-likeness (QED) is 0.389. The van der Waals surface area contributed by atoms with Gasteiger partial charge in [0.25, 0.3) is 5.56 Å². The van der Waals surface area contributed by atoms with Crippen LogP contribution in [-0.4, -0.2) is 24.1 Å². The van der Waals surface area contributed by atoms with Gasteiger partial charge in [0.15, 0.2) is 0 Å². The summed E-state index contributed by atoms with van der Waals surface area (Å²) in [6, 6.07) is 11.1. The number of nitrogens with zero attached hydrogens (tertiary/aromatic N) is 1.